The summed E-state index contributed by atoms with van der Waals surface area (Å²) in [7, 11) is 0. The first-order valence-corrected chi connectivity index (χ1v) is 7.83. The third-order valence-electron chi connectivity index (χ3n) is 2.81. The standard InChI is InChI=1S/C14H17NOS2/c1-10-14(18-9-15-10)7-8-17-13-5-3-12(4-6-13)11(2)16/h3-6,9,11,16H,7-8H2,1-2H3. The first kappa shape index (κ1) is 13.6. The normalized spacial score (nSPS) is 12.6. The highest BCUT2D eigenvalue weighted by atomic mass is 32.2. The number of hydrogen-bond acceptors (Lipinski definition) is 4. The van der Waals surface area contributed by atoms with Crippen LogP contribution < -0.4 is 0 Å². The lowest BCUT2D eigenvalue weighted by molar-refractivity contribution is 0.199. The van der Waals surface area contributed by atoms with Crippen LogP contribution in [-0.2, 0) is 6.42 Å². The van der Waals surface area contributed by atoms with E-state index < -0.39 is 0 Å². The Hall–Kier alpha value is -0.840. The highest BCUT2D eigenvalue weighted by Gasteiger charge is 2.03. The highest BCUT2D eigenvalue weighted by molar-refractivity contribution is 7.99. The Balaban J connectivity index is 1.85. The van der Waals surface area contributed by atoms with Gasteiger partial charge in [-0.15, -0.1) is 23.1 Å². The molecular weight excluding hydrogens is 262 g/mol. The summed E-state index contributed by atoms with van der Waals surface area (Å²) in [6.45, 7) is 3.85. The summed E-state index contributed by atoms with van der Waals surface area (Å²) in [6.07, 6.45) is 0.683. The van der Waals surface area contributed by atoms with Gasteiger partial charge in [0.05, 0.1) is 17.3 Å². The summed E-state index contributed by atoms with van der Waals surface area (Å²) in [4.78, 5) is 6.88. The molecule has 18 heavy (non-hydrogen) atoms. The number of benzene rings is 1. The van der Waals surface area contributed by atoms with E-state index >= 15 is 0 Å². The van der Waals surface area contributed by atoms with E-state index in [1.54, 1.807) is 18.3 Å². The molecule has 0 aliphatic carbocycles. The van der Waals surface area contributed by atoms with Gasteiger partial charge in [-0.05, 0) is 38.0 Å². The zero-order valence-electron chi connectivity index (χ0n) is 10.6. The van der Waals surface area contributed by atoms with E-state index in [2.05, 4.69) is 24.0 Å². The Kier molecular flexibility index (Phi) is 4.80. The van der Waals surface area contributed by atoms with Gasteiger partial charge in [0, 0.05) is 15.5 Å². The molecule has 0 bridgehead atoms. The number of nitrogens with zero attached hydrogens (tertiary/aromatic N) is 1. The van der Waals surface area contributed by atoms with Crippen molar-refractivity contribution >= 4 is 23.1 Å². The minimum Gasteiger partial charge on any atom is -0.389 e. The van der Waals surface area contributed by atoms with Crippen molar-refractivity contribution in [2.75, 3.05) is 5.75 Å². The minimum absolute atomic E-state index is 0.385. The molecule has 0 aliphatic rings. The van der Waals surface area contributed by atoms with E-state index in [-0.39, 0.29) is 6.10 Å². The molecule has 0 saturated heterocycles. The van der Waals surface area contributed by atoms with Gasteiger partial charge in [-0.1, -0.05) is 12.1 Å². The van der Waals surface area contributed by atoms with Gasteiger partial charge < -0.3 is 5.11 Å². The number of aliphatic hydroxyl groups is 1. The molecular formula is C14H17NOS2. The second-order valence-corrected chi connectivity index (χ2v) is 6.31. The number of aliphatic hydroxyl groups excluding tert-OH is 1. The fraction of sp³-hybridized carbons (Fsp3) is 0.357. The maximum absolute atomic E-state index is 9.43. The van der Waals surface area contributed by atoms with Gasteiger partial charge in [0.25, 0.3) is 0 Å². The van der Waals surface area contributed by atoms with Gasteiger partial charge in [0.15, 0.2) is 0 Å². The summed E-state index contributed by atoms with van der Waals surface area (Å²) in [5, 5.41) is 9.43. The van der Waals surface area contributed by atoms with Crippen LogP contribution in [0.25, 0.3) is 0 Å². The second-order valence-electron chi connectivity index (χ2n) is 4.20. The SMILES string of the molecule is Cc1ncsc1CCSc1ccc(C(C)O)cc1. The van der Waals surface area contributed by atoms with Crippen LogP contribution in [0.1, 0.15) is 29.2 Å². The van der Waals surface area contributed by atoms with Crippen LogP contribution in [0.5, 0.6) is 0 Å². The lowest BCUT2D eigenvalue weighted by Crippen LogP contribution is -1.91. The molecule has 1 heterocycles. The molecule has 0 spiro atoms. The summed E-state index contributed by atoms with van der Waals surface area (Å²) < 4.78 is 0. The van der Waals surface area contributed by atoms with Crippen molar-refractivity contribution in [2.45, 2.75) is 31.3 Å². The first-order valence-electron chi connectivity index (χ1n) is 5.96. The number of hydrogen-bond donors (Lipinski definition) is 1. The van der Waals surface area contributed by atoms with Crippen LogP contribution in [-0.4, -0.2) is 15.8 Å². The predicted octanol–water partition coefficient (Wildman–Crippen LogP) is 3.84. The summed E-state index contributed by atoms with van der Waals surface area (Å²) >= 11 is 3.58. The van der Waals surface area contributed by atoms with Gasteiger partial charge in [0.2, 0.25) is 0 Å². The zero-order valence-corrected chi connectivity index (χ0v) is 12.2. The molecule has 1 aromatic heterocycles. The fourth-order valence-corrected chi connectivity index (χ4v) is 3.45. The third kappa shape index (κ3) is 3.57. The highest BCUT2D eigenvalue weighted by Crippen LogP contribution is 2.23. The summed E-state index contributed by atoms with van der Waals surface area (Å²) in [5.74, 6) is 1.07. The van der Waals surface area contributed by atoms with Crippen LogP contribution in [0.15, 0.2) is 34.7 Å². The average molecular weight is 279 g/mol. The maximum atomic E-state index is 9.43. The molecule has 96 valence electrons. The van der Waals surface area contributed by atoms with Gasteiger partial charge in [-0.2, -0.15) is 0 Å². The van der Waals surface area contributed by atoms with E-state index in [4.69, 9.17) is 0 Å². The van der Waals surface area contributed by atoms with Crippen molar-refractivity contribution in [1.29, 1.82) is 0 Å². The molecule has 2 nitrogen and oxygen atoms in total. The first-order chi connectivity index (χ1) is 8.66. The largest absolute Gasteiger partial charge is 0.389 e. The third-order valence-corrected chi connectivity index (χ3v) is 4.81. The van der Waals surface area contributed by atoms with Crippen LogP contribution in [0.3, 0.4) is 0 Å². The molecule has 0 amide bonds. The molecule has 0 fully saturated rings. The van der Waals surface area contributed by atoms with Crippen molar-refractivity contribution in [3.8, 4) is 0 Å². The fourth-order valence-electron chi connectivity index (χ4n) is 1.67. The molecule has 1 unspecified atom stereocenters. The van der Waals surface area contributed by atoms with Crippen molar-refractivity contribution in [3.63, 3.8) is 0 Å². The van der Waals surface area contributed by atoms with Crippen LogP contribution in [0.4, 0.5) is 0 Å². The van der Waals surface area contributed by atoms with Crippen molar-refractivity contribution < 1.29 is 5.11 Å². The molecule has 2 aromatic rings. The molecule has 1 atom stereocenters. The number of thioether (sulfide) groups is 1. The van der Waals surface area contributed by atoms with Gasteiger partial charge in [-0.25, -0.2) is 4.98 Å². The van der Waals surface area contributed by atoms with Crippen LogP contribution in [0.2, 0.25) is 0 Å². The number of thiazole rings is 1. The topological polar surface area (TPSA) is 33.1 Å². The second kappa shape index (κ2) is 6.36. The zero-order chi connectivity index (χ0) is 13.0. The Morgan fingerprint density at radius 3 is 2.61 bits per heavy atom. The molecule has 1 N–H and O–H groups in total. The van der Waals surface area contributed by atoms with E-state index in [1.165, 1.54) is 9.77 Å². The Morgan fingerprint density at radius 2 is 2.06 bits per heavy atom. The van der Waals surface area contributed by atoms with Gasteiger partial charge >= 0.3 is 0 Å². The summed E-state index contributed by atoms with van der Waals surface area (Å²) in [6, 6.07) is 8.13. The quantitative estimate of drug-likeness (QED) is 0.844. The van der Waals surface area contributed by atoms with E-state index in [0.29, 0.717) is 0 Å². The predicted molar refractivity (Wildman–Crippen MR) is 78.4 cm³/mol. The molecule has 0 saturated carbocycles. The Labute approximate surface area is 116 Å². The smallest absolute Gasteiger partial charge is 0.0797 e. The molecule has 4 heteroatoms. The molecule has 1 aromatic carbocycles. The van der Waals surface area contributed by atoms with E-state index in [9.17, 15) is 5.11 Å². The van der Waals surface area contributed by atoms with E-state index in [1.807, 2.05) is 29.4 Å². The maximum Gasteiger partial charge on any atom is 0.0797 e. The Morgan fingerprint density at radius 1 is 1.33 bits per heavy atom. The number of aromatic nitrogens is 1. The molecule has 0 aliphatic heterocycles. The number of rotatable bonds is 5. The lowest BCUT2D eigenvalue weighted by Gasteiger charge is -2.06. The minimum atomic E-state index is -0.385. The van der Waals surface area contributed by atoms with Gasteiger partial charge in [-0.3, -0.25) is 0 Å². The molecule has 0 radical (unpaired) electrons. The van der Waals surface area contributed by atoms with Crippen LogP contribution in [0, 0.1) is 6.92 Å². The van der Waals surface area contributed by atoms with Crippen LogP contribution >= 0.6 is 23.1 Å². The average Bonchev–Trinajstić information content (AvgIpc) is 2.76. The van der Waals surface area contributed by atoms with E-state index in [0.717, 1.165) is 23.4 Å². The number of aryl methyl sites for hydroxylation is 2. The van der Waals surface area contributed by atoms with Crippen molar-refractivity contribution in [2.24, 2.45) is 0 Å². The van der Waals surface area contributed by atoms with Crippen molar-refractivity contribution in [1.82, 2.24) is 4.98 Å². The lowest BCUT2D eigenvalue weighted by atomic mass is 10.1. The van der Waals surface area contributed by atoms with Crippen molar-refractivity contribution in [3.05, 3.63) is 45.9 Å². The Bertz CT molecular complexity index is 491. The molecule has 2 rings (SSSR count). The monoisotopic (exact) mass is 279 g/mol. The van der Waals surface area contributed by atoms with Gasteiger partial charge in [0.1, 0.15) is 0 Å². The summed E-state index contributed by atoms with van der Waals surface area (Å²) in [5.41, 5.74) is 4.04.